The van der Waals surface area contributed by atoms with E-state index in [4.69, 9.17) is 0 Å². The molecule has 0 saturated heterocycles. The molecule has 2 atom stereocenters. The molecule has 0 aromatic carbocycles. The average Bonchev–Trinajstić information content (AvgIpc) is 2.84. The first-order chi connectivity index (χ1) is 5.86. The van der Waals surface area contributed by atoms with Gasteiger partial charge in [0.05, 0.1) is 6.10 Å². The van der Waals surface area contributed by atoms with E-state index in [2.05, 4.69) is 0 Å². The summed E-state index contributed by atoms with van der Waals surface area (Å²) in [6.07, 6.45) is 10.5. The number of hydrogen-bond donors (Lipinski definition) is 1. The second-order valence-electron chi connectivity index (χ2n) is 4.64. The van der Waals surface area contributed by atoms with Crippen molar-refractivity contribution < 1.29 is 5.11 Å². The fourth-order valence-corrected chi connectivity index (χ4v) is 2.42. The van der Waals surface area contributed by atoms with Gasteiger partial charge in [0.25, 0.3) is 0 Å². The summed E-state index contributed by atoms with van der Waals surface area (Å²) in [6.45, 7) is 0. The van der Waals surface area contributed by atoms with Gasteiger partial charge in [0.15, 0.2) is 0 Å². The van der Waals surface area contributed by atoms with Crippen LogP contribution in [0.2, 0.25) is 0 Å². The molecule has 2 fully saturated rings. The van der Waals surface area contributed by atoms with Crippen LogP contribution >= 0.6 is 0 Å². The Hall–Kier alpha value is -0.0400. The van der Waals surface area contributed by atoms with Crippen molar-refractivity contribution >= 4 is 0 Å². The van der Waals surface area contributed by atoms with Crippen LogP contribution < -0.4 is 0 Å². The molecule has 1 nitrogen and oxygen atoms in total. The van der Waals surface area contributed by atoms with Crippen LogP contribution in [-0.4, -0.2) is 11.2 Å². The summed E-state index contributed by atoms with van der Waals surface area (Å²) in [6, 6.07) is 0. The average molecular weight is 168 g/mol. The highest BCUT2D eigenvalue weighted by molar-refractivity contribution is 4.81. The first-order valence-electron chi connectivity index (χ1n) is 5.54. The molecule has 12 heavy (non-hydrogen) atoms. The minimum absolute atomic E-state index is 0.0353. The van der Waals surface area contributed by atoms with Gasteiger partial charge in [0, 0.05) is 0 Å². The largest absolute Gasteiger partial charge is 0.393 e. The van der Waals surface area contributed by atoms with Gasteiger partial charge in [-0.3, -0.25) is 0 Å². The first kappa shape index (κ1) is 8.55. The van der Waals surface area contributed by atoms with Gasteiger partial charge in [-0.2, -0.15) is 0 Å². The molecular formula is C11H20O. The van der Waals surface area contributed by atoms with Crippen LogP contribution in [0, 0.1) is 11.8 Å². The molecule has 0 aromatic rings. The summed E-state index contributed by atoms with van der Waals surface area (Å²) in [5.41, 5.74) is 0. The molecule has 1 heteroatoms. The van der Waals surface area contributed by atoms with E-state index in [-0.39, 0.29) is 6.10 Å². The molecule has 2 aliphatic rings. The molecule has 2 rings (SSSR count). The van der Waals surface area contributed by atoms with Gasteiger partial charge < -0.3 is 5.11 Å². The van der Waals surface area contributed by atoms with Crippen molar-refractivity contribution in [1.82, 2.24) is 0 Å². The highest BCUT2D eigenvalue weighted by Crippen LogP contribution is 2.39. The summed E-state index contributed by atoms with van der Waals surface area (Å²) in [5.74, 6) is 1.64. The standard InChI is InChI=1S/C11H20O/c12-11-5-3-1-2-4-10(11)8-9-6-7-9/h9-12H,1-8H2. The third-order valence-electron chi connectivity index (χ3n) is 3.45. The molecule has 0 bridgehead atoms. The fraction of sp³-hybridized carbons (Fsp3) is 1.00. The predicted molar refractivity (Wildman–Crippen MR) is 49.9 cm³/mol. The Morgan fingerprint density at radius 2 is 1.67 bits per heavy atom. The number of aliphatic hydroxyl groups is 1. The van der Waals surface area contributed by atoms with E-state index < -0.39 is 0 Å². The van der Waals surface area contributed by atoms with Crippen LogP contribution in [0.25, 0.3) is 0 Å². The number of rotatable bonds is 2. The normalized spacial score (nSPS) is 37.8. The third kappa shape index (κ3) is 2.22. The van der Waals surface area contributed by atoms with Gasteiger partial charge in [-0.25, -0.2) is 0 Å². The van der Waals surface area contributed by atoms with E-state index in [0.29, 0.717) is 5.92 Å². The minimum Gasteiger partial charge on any atom is -0.393 e. The lowest BCUT2D eigenvalue weighted by atomic mass is 9.92. The maximum atomic E-state index is 9.83. The minimum atomic E-state index is 0.0353. The zero-order chi connectivity index (χ0) is 8.39. The van der Waals surface area contributed by atoms with Crippen molar-refractivity contribution in [3.63, 3.8) is 0 Å². The van der Waals surface area contributed by atoms with Crippen LogP contribution in [0.15, 0.2) is 0 Å². The lowest BCUT2D eigenvalue weighted by Gasteiger charge is -2.19. The maximum Gasteiger partial charge on any atom is 0.0568 e. The van der Waals surface area contributed by atoms with Gasteiger partial charge >= 0.3 is 0 Å². The second-order valence-corrected chi connectivity index (χ2v) is 4.64. The van der Waals surface area contributed by atoms with Gasteiger partial charge in [-0.1, -0.05) is 32.1 Å². The lowest BCUT2D eigenvalue weighted by Crippen LogP contribution is -2.19. The van der Waals surface area contributed by atoms with Gasteiger partial charge in [0.1, 0.15) is 0 Å². The van der Waals surface area contributed by atoms with E-state index in [1.807, 2.05) is 0 Å². The van der Waals surface area contributed by atoms with Crippen LogP contribution in [0.5, 0.6) is 0 Å². The molecule has 2 saturated carbocycles. The molecule has 2 aliphatic carbocycles. The lowest BCUT2D eigenvalue weighted by molar-refractivity contribution is 0.0926. The van der Waals surface area contributed by atoms with Crippen LogP contribution in [0.3, 0.4) is 0 Å². The molecule has 0 spiro atoms. The van der Waals surface area contributed by atoms with E-state index in [9.17, 15) is 5.11 Å². The van der Waals surface area contributed by atoms with Crippen molar-refractivity contribution in [3.05, 3.63) is 0 Å². The van der Waals surface area contributed by atoms with Crippen molar-refractivity contribution in [2.75, 3.05) is 0 Å². The molecule has 0 aliphatic heterocycles. The Kier molecular flexibility index (Phi) is 2.69. The molecule has 0 radical (unpaired) electrons. The van der Waals surface area contributed by atoms with E-state index in [1.54, 1.807) is 0 Å². The molecule has 70 valence electrons. The highest BCUT2D eigenvalue weighted by Gasteiger charge is 2.29. The van der Waals surface area contributed by atoms with E-state index in [1.165, 1.54) is 44.9 Å². The first-order valence-corrected chi connectivity index (χ1v) is 5.54. The quantitative estimate of drug-likeness (QED) is 0.629. The van der Waals surface area contributed by atoms with Gasteiger partial charge in [-0.05, 0) is 31.1 Å². The fourth-order valence-electron chi connectivity index (χ4n) is 2.42. The summed E-state index contributed by atoms with van der Waals surface area (Å²) in [7, 11) is 0. The smallest absolute Gasteiger partial charge is 0.0568 e. The molecule has 1 N–H and O–H groups in total. The van der Waals surface area contributed by atoms with Gasteiger partial charge in [0.2, 0.25) is 0 Å². The zero-order valence-electron chi connectivity index (χ0n) is 7.84. The Labute approximate surface area is 75.2 Å². The SMILES string of the molecule is OC1CCCCCC1CC1CC1. The van der Waals surface area contributed by atoms with Crippen molar-refractivity contribution in [3.8, 4) is 0 Å². The molecular weight excluding hydrogens is 148 g/mol. The summed E-state index contributed by atoms with van der Waals surface area (Å²) < 4.78 is 0. The summed E-state index contributed by atoms with van der Waals surface area (Å²) in [4.78, 5) is 0. The van der Waals surface area contributed by atoms with Crippen molar-refractivity contribution in [2.45, 2.75) is 57.5 Å². The third-order valence-corrected chi connectivity index (χ3v) is 3.45. The molecule has 0 heterocycles. The molecule has 2 unspecified atom stereocenters. The Morgan fingerprint density at radius 3 is 2.42 bits per heavy atom. The van der Waals surface area contributed by atoms with E-state index >= 15 is 0 Å². The summed E-state index contributed by atoms with van der Waals surface area (Å²) in [5, 5.41) is 9.83. The van der Waals surface area contributed by atoms with Crippen molar-refractivity contribution in [2.24, 2.45) is 11.8 Å². The second kappa shape index (κ2) is 3.78. The number of hydrogen-bond acceptors (Lipinski definition) is 1. The van der Waals surface area contributed by atoms with Crippen molar-refractivity contribution in [1.29, 1.82) is 0 Å². The van der Waals surface area contributed by atoms with Crippen LogP contribution in [-0.2, 0) is 0 Å². The highest BCUT2D eigenvalue weighted by atomic mass is 16.3. The molecule has 0 aromatic heterocycles. The Bertz CT molecular complexity index is 140. The Morgan fingerprint density at radius 1 is 0.917 bits per heavy atom. The monoisotopic (exact) mass is 168 g/mol. The summed E-state index contributed by atoms with van der Waals surface area (Å²) >= 11 is 0. The maximum absolute atomic E-state index is 9.83. The zero-order valence-corrected chi connectivity index (χ0v) is 7.84. The topological polar surface area (TPSA) is 20.2 Å². The Balaban J connectivity index is 1.81. The van der Waals surface area contributed by atoms with Crippen LogP contribution in [0.1, 0.15) is 51.4 Å². The van der Waals surface area contributed by atoms with Gasteiger partial charge in [-0.15, -0.1) is 0 Å². The molecule has 0 amide bonds. The van der Waals surface area contributed by atoms with Crippen LogP contribution in [0.4, 0.5) is 0 Å². The number of aliphatic hydroxyl groups excluding tert-OH is 1. The predicted octanol–water partition coefficient (Wildman–Crippen LogP) is 2.73. The van der Waals surface area contributed by atoms with E-state index in [0.717, 1.165) is 12.3 Å².